The van der Waals surface area contributed by atoms with Crippen molar-refractivity contribution in [2.24, 2.45) is 11.1 Å². The summed E-state index contributed by atoms with van der Waals surface area (Å²) in [5, 5.41) is -0.724. The van der Waals surface area contributed by atoms with Crippen LogP contribution in [-0.4, -0.2) is 38.6 Å². The molecule has 0 radical (unpaired) electrons. The molecule has 0 amide bonds. The Hall–Kier alpha value is -1.05. The molecule has 3 atom stereocenters. The number of halogens is 1. The largest absolute Gasteiger partial charge is 0.393 e. The molecular formula is C13H16FNO3S2. The van der Waals surface area contributed by atoms with Gasteiger partial charge in [0.25, 0.3) is 0 Å². The van der Waals surface area contributed by atoms with Crippen molar-refractivity contribution in [3.05, 3.63) is 35.6 Å². The molecule has 110 valence electrons. The second kappa shape index (κ2) is 5.05. The third kappa shape index (κ3) is 2.34. The molecule has 1 aliphatic carbocycles. The summed E-state index contributed by atoms with van der Waals surface area (Å²) in [5.41, 5.74) is 5.57. The van der Waals surface area contributed by atoms with E-state index in [1.807, 2.05) is 0 Å². The number of nitrogens with two attached hydrogens (primary N) is 1. The van der Waals surface area contributed by atoms with Gasteiger partial charge in [0, 0.05) is 19.3 Å². The zero-order valence-corrected chi connectivity index (χ0v) is 12.8. The molecule has 4 nitrogen and oxygen atoms in total. The lowest BCUT2D eigenvalue weighted by Gasteiger charge is -2.15. The van der Waals surface area contributed by atoms with Crippen LogP contribution in [-0.2, 0) is 14.6 Å². The molecule has 0 spiro atoms. The number of methoxy groups -OCH3 is 1. The van der Waals surface area contributed by atoms with Crippen molar-refractivity contribution in [2.75, 3.05) is 20.0 Å². The van der Waals surface area contributed by atoms with Crippen molar-refractivity contribution < 1.29 is 17.5 Å². The van der Waals surface area contributed by atoms with Crippen LogP contribution in [0, 0.1) is 11.2 Å². The lowest BCUT2D eigenvalue weighted by Crippen LogP contribution is -2.32. The van der Waals surface area contributed by atoms with Gasteiger partial charge in [-0.15, -0.1) is 0 Å². The highest BCUT2D eigenvalue weighted by Gasteiger charge is 2.71. The predicted octanol–water partition coefficient (Wildman–Crippen LogP) is 1.26. The van der Waals surface area contributed by atoms with Crippen molar-refractivity contribution >= 4 is 27.0 Å². The first-order valence-electron chi connectivity index (χ1n) is 5.98. The molecule has 0 saturated heterocycles. The van der Waals surface area contributed by atoms with Crippen molar-refractivity contribution in [2.45, 2.75) is 11.2 Å². The number of sulfone groups is 1. The average Bonchev–Trinajstić information content (AvgIpc) is 3.01. The van der Waals surface area contributed by atoms with Gasteiger partial charge in [-0.05, 0) is 17.7 Å². The van der Waals surface area contributed by atoms with E-state index in [9.17, 15) is 12.8 Å². The summed E-state index contributed by atoms with van der Waals surface area (Å²) >= 11 is 5.07. The maximum absolute atomic E-state index is 13.0. The highest BCUT2D eigenvalue weighted by Crippen LogP contribution is 2.63. The highest BCUT2D eigenvalue weighted by molar-refractivity contribution is 7.92. The van der Waals surface area contributed by atoms with E-state index in [0.717, 1.165) is 6.26 Å². The minimum absolute atomic E-state index is 0.115. The maximum atomic E-state index is 13.0. The van der Waals surface area contributed by atoms with Crippen molar-refractivity contribution in [3.8, 4) is 0 Å². The first-order valence-corrected chi connectivity index (χ1v) is 8.34. The van der Waals surface area contributed by atoms with Crippen LogP contribution in [0.3, 0.4) is 0 Å². The topological polar surface area (TPSA) is 69.4 Å². The molecule has 1 fully saturated rings. The Bertz CT molecular complexity index is 630. The standard InChI is InChI=1S/C13H16FNO3S2/c1-18-7-13(12(15)19)10(11(13)20(2,16)17)8-3-5-9(14)6-4-8/h3-6,10-11H,7H2,1-2H3,(H2,15,19)/t10-,11-,13+/m0/s1. The molecule has 1 saturated carbocycles. The Labute approximate surface area is 123 Å². The lowest BCUT2D eigenvalue weighted by atomic mass is 10.00. The Kier molecular flexibility index (Phi) is 3.88. The van der Waals surface area contributed by atoms with Gasteiger partial charge in [0.05, 0.1) is 22.3 Å². The van der Waals surface area contributed by atoms with Crippen LogP contribution in [0.2, 0.25) is 0 Å². The molecule has 0 unspecified atom stereocenters. The predicted molar refractivity (Wildman–Crippen MR) is 78.9 cm³/mol. The summed E-state index contributed by atoms with van der Waals surface area (Å²) in [4.78, 5) is 0.115. The SMILES string of the molecule is COC[C@@]1(C(N)=S)[C@@H](c2ccc(F)cc2)[C@@H]1S(C)(=O)=O. The number of benzene rings is 1. The van der Waals surface area contributed by atoms with Gasteiger partial charge in [-0.3, -0.25) is 0 Å². The first-order chi connectivity index (χ1) is 9.25. The number of thiocarbonyl (C=S) groups is 1. The Morgan fingerprint density at radius 3 is 2.40 bits per heavy atom. The number of rotatable bonds is 5. The van der Waals surface area contributed by atoms with Crippen LogP contribution in [0.15, 0.2) is 24.3 Å². The fourth-order valence-corrected chi connectivity index (χ4v) is 5.26. The van der Waals surface area contributed by atoms with Gasteiger partial charge in [-0.2, -0.15) is 0 Å². The molecule has 1 aromatic carbocycles. The van der Waals surface area contributed by atoms with Gasteiger partial charge in [-0.1, -0.05) is 24.4 Å². The van der Waals surface area contributed by atoms with E-state index in [0.29, 0.717) is 5.56 Å². The van der Waals surface area contributed by atoms with Crippen LogP contribution in [0.5, 0.6) is 0 Å². The summed E-state index contributed by atoms with van der Waals surface area (Å²) in [6.07, 6.45) is 1.16. The fourth-order valence-electron chi connectivity index (χ4n) is 2.95. The Balaban J connectivity index is 2.49. The van der Waals surface area contributed by atoms with Crippen molar-refractivity contribution in [1.29, 1.82) is 0 Å². The molecule has 0 heterocycles. The minimum atomic E-state index is -3.35. The Morgan fingerprint density at radius 1 is 1.45 bits per heavy atom. The van der Waals surface area contributed by atoms with Crippen LogP contribution in [0.1, 0.15) is 11.5 Å². The summed E-state index contributed by atoms with van der Waals surface area (Å²) in [6.45, 7) is 0.127. The van der Waals surface area contributed by atoms with E-state index in [4.69, 9.17) is 22.7 Å². The summed E-state index contributed by atoms with van der Waals surface area (Å²) in [5.74, 6) is -0.770. The van der Waals surface area contributed by atoms with E-state index >= 15 is 0 Å². The van der Waals surface area contributed by atoms with E-state index in [2.05, 4.69) is 0 Å². The average molecular weight is 317 g/mol. The maximum Gasteiger partial charge on any atom is 0.152 e. The second-order valence-corrected chi connectivity index (χ2v) is 7.72. The van der Waals surface area contributed by atoms with Crippen LogP contribution >= 0.6 is 12.2 Å². The van der Waals surface area contributed by atoms with Gasteiger partial charge >= 0.3 is 0 Å². The number of hydrogen-bond acceptors (Lipinski definition) is 4. The lowest BCUT2D eigenvalue weighted by molar-refractivity contribution is 0.166. The fraction of sp³-hybridized carbons (Fsp3) is 0.462. The van der Waals surface area contributed by atoms with E-state index < -0.39 is 26.4 Å². The third-order valence-corrected chi connectivity index (χ3v) is 5.78. The minimum Gasteiger partial charge on any atom is -0.393 e. The summed E-state index contributed by atoms with van der Waals surface area (Å²) in [6, 6.07) is 5.72. The van der Waals surface area contributed by atoms with Crippen molar-refractivity contribution in [1.82, 2.24) is 0 Å². The molecule has 0 aliphatic heterocycles. The van der Waals surface area contributed by atoms with Crippen molar-refractivity contribution in [3.63, 3.8) is 0 Å². The molecular weight excluding hydrogens is 301 g/mol. The summed E-state index contributed by atoms with van der Waals surface area (Å²) in [7, 11) is -1.88. The van der Waals surface area contributed by atoms with Crippen LogP contribution < -0.4 is 5.73 Å². The monoisotopic (exact) mass is 317 g/mol. The smallest absolute Gasteiger partial charge is 0.152 e. The van der Waals surface area contributed by atoms with Gasteiger partial charge in [0.15, 0.2) is 9.84 Å². The number of hydrogen-bond donors (Lipinski definition) is 1. The van der Waals surface area contributed by atoms with E-state index in [1.165, 1.54) is 19.2 Å². The van der Waals surface area contributed by atoms with Crippen LogP contribution in [0.25, 0.3) is 0 Å². The highest BCUT2D eigenvalue weighted by atomic mass is 32.2. The second-order valence-electron chi connectivity index (χ2n) is 5.12. The van der Waals surface area contributed by atoms with Gasteiger partial charge in [0.2, 0.25) is 0 Å². The van der Waals surface area contributed by atoms with Crippen LogP contribution in [0.4, 0.5) is 4.39 Å². The zero-order chi connectivity index (χ0) is 15.1. The molecule has 2 N–H and O–H groups in total. The zero-order valence-electron chi connectivity index (χ0n) is 11.2. The molecule has 7 heteroatoms. The molecule has 20 heavy (non-hydrogen) atoms. The quantitative estimate of drug-likeness (QED) is 0.828. The molecule has 2 rings (SSSR count). The van der Waals surface area contributed by atoms with E-state index in [-0.39, 0.29) is 17.4 Å². The van der Waals surface area contributed by atoms with Gasteiger partial charge in [-0.25, -0.2) is 12.8 Å². The normalized spacial score (nSPS) is 29.1. The summed E-state index contributed by atoms with van der Waals surface area (Å²) < 4.78 is 42.1. The van der Waals surface area contributed by atoms with Gasteiger partial charge in [0.1, 0.15) is 5.82 Å². The molecule has 1 aromatic rings. The third-order valence-electron chi connectivity index (χ3n) is 3.79. The molecule has 0 aromatic heterocycles. The number of ether oxygens (including phenoxy) is 1. The molecule has 1 aliphatic rings. The van der Waals surface area contributed by atoms with E-state index in [1.54, 1.807) is 12.1 Å². The molecule has 0 bridgehead atoms. The van der Waals surface area contributed by atoms with Gasteiger partial charge < -0.3 is 10.5 Å². The first kappa shape index (κ1) is 15.3. The Morgan fingerprint density at radius 2 is 2.00 bits per heavy atom.